The highest BCUT2D eigenvalue weighted by atomic mass is 32.2. The minimum Gasteiger partial charge on any atom is -0.268 e. The smallest absolute Gasteiger partial charge is 0.268 e. The van der Waals surface area contributed by atoms with Gasteiger partial charge >= 0.3 is 0 Å². The summed E-state index contributed by atoms with van der Waals surface area (Å²) in [6.45, 7) is 2.31. The van der Waals surface area contributed by atoms with Gasteiger partial charge in [-0.25, -0.2) is 13.1 Å². The largest absolute Gasteiger partial charge is 0.280 e. The summed E-state index contributed by atoms with van der Waals surface area (Å²) in [5.41, 5.74) is 1.09. The molecule has 0 bridgehead atoms. The van der Waals surface area contributed by atoms with Crippen LogP contribution in [0.1, 0.15) is 39.8 Å². The number of fused-ring (bicyclic) bond motifs is 1. The Hall–Kier alpha value is -2.58. The number of nitrogens with zero attached hydrogens (tertiary/aromatic N) is 2. The van der Waals surface area contributed by atoms with Gasteiger partial charge in [0.1, 0.15) is 5.69 Å². The predicted molar refractivity (Wildman–Crippen MR) is 90.4 cm³/mol. The molecule has 0 fully saturated rings. The van der Waals surface area contributed by atoms with Crippen LogP contribution in [0.15, 0.2) is 47.5 Å². The molecule has 0 aliphatic carbocycles. The Morgan fingerprint density at radius 2 is 1.80 bits per heavy atom. The van der Waals surface area contributed by atoms with E-state index in [1.54, 1.807) is 24.3 Å². The topological polar surface area (TPSA) is 96.4 Å². The van der Waals surface area contributed by atoms with Crippen LogP contribution in [0.5, 0.6) is 0 Å². The zero-order valence-electron chi connectivity index (χ0n) is 13.6. The third-order valence-electron chi connectivity index (χ3n) is 3.85. The summed E-state index contributed by atoms with van der Waals surface area (Å²) in [4.78, 5) is 29.8. The quantitative estimate of drug-likeness (QED) is 0.790. The van der Waals surface area contributed by atoms with Gasteiger partial charge in [-0.3, -0.25) is 19.5 Å². The number of hydrogen-bond donors (Lipinski definition) is 1. The lowest BCUT2D eigenvalue weighted by Crippen LogP contribution is -2.29. The molecule has 1 aliphatic rings. The SMILES string of the molecule is CCCNS(=O)(=O)c1ccc(CN2C(=O)c3cccnc3C2=O)cc1. The number of hydrogen-bond acceptors (Lipinski definition) is 5. The Morgan fingerprint density at radius 3 is 2.44 bits per heavy atom. The Balaban J connectivity index is 1.77. The Morgan fingerprint density at radius 1 is 1.08 bits per heavy atom. The average molecular weight is 359 g/mol. The van der Waals surface area contributed by atoms with E-state index in [4.69, 9.17) is 0 Å². The van der Waals surface area contributed by atoms with Gasteiger partial charge in [0.15, 0.2) is 0 Å². The van der Waals surface area contributed by atoms with Crippen molar-refractivity contribution in [2.24, 2.45) is 0 Å². The molecule has 0 saturated heterocycles. The Kier molecular flexibility index (Phi) is 4.65. The van der Waals surface area contributed by atoms with Gasteiger partial charge in [0, 0.05) is 12.7 Å². The zero-order valence-corrected chi connectivity index (χ0v) is 14.4. The molecule has 25 heavy (non-hydrogen) atoms. The molecule has 1 aliphatic heterocycles. The predicted octanol–water partition coefficient (Wildman–Crippen LogP) is 1.57. The molecular formula is C17H17N3O4S. The van der Waals surface area contributed by atoms with Crippen molar-refractivity contribution >= 4 is 21.8 Å². The summed E-state index contributed by atoms with van der Waals surface area (Å²) < 4.78 is 26.6. The van der Waals surface area contributed by atoms with Gasteiger partial charge in [-0.15, -0.1) is 0 Å². The second-order valence-electron chi connectivity index (χ2n) is 5.64. The minimum atomic E-state index is -3.54. The molecule has 2 heterocycles. The maximum atomic E-state index is 12.3. The van der Waals surface area contributed by atoms with Crippen molar-refractivity contribution in [1.82, 2.24) is 14.6 Å². The summed E-state index contributed by atoms with van der Waals surface area (Å²) in [6.07, 6.45) is 2.17. The first-order chi connectivity index (χ1) is 11.9. The molecule has 3 rings (SSSR count). The van der Waals surface area contributed by atoms with Crippen molar-refractivity contribution < 1.29 is 18.0 Å². The van der Waals surface area contributed by atoms with E-state index in [2.05, 4.69) is 9.71 Å². The van der Waals surface area contributed by atoms with Gasteiger partial charge in [0.05, 0.1) is 17.0 Å². The molecule has 2 aromatic rings. The number of carbonyl (C=O) groups excluding carboxylic acids is 2. The summed E-state index contributed by atoms with van der Waals surface area (Å²) >= 11 is 0. The van der Waals surface area contributed by atoms with Gasteiger partial charge in [-0.05, 0) is 36.2 Å². The van der Waals surface area contributed by atoms with Gasteiger partial charge in [-0.2, -0.15) is 0 Å². The molecule has 0 spiro atoms. The Bertz CT molecular complexity index is 888. The third-order valence-corrected chi connectivity index (χ3v) is 5.32. The van der Waals surface area contributed by atoms with Crippen LogP contribution in [-0.4, -0.2) is 36.7 Å². The van der Waals surface area contributed by atoms with Crippen LogP contribution in [-0.2, 0) is 16.6 Å². The van der Waals surface area contributed by atoms with Gasteiger partial charge in [-0.1, -0.05) is 19.1 Å². The highest BCUT2D eigenvalue weighted by Gasteiger charge is 2.36. The van der Waals surface area contributed by atoms with Gasteiger partial charge < -0.3 is 0 Å². The highest BCUT2D eigenvalue weighted by Crippen LogP contribution is 2.23. The van der Waals surface area contributed by atoms with E-state index in [1.807, 2.05) is 6.92 Å². The Labute approximate surface area is 145 Å². The van der Waals surface area contributed by atoms with Crippen molar-refractivity contribution in [3.8, 4) is 0 Å². The molecule has 7 nitrogen and oxygen atoms in total. The standard InChI is InChI=1S/C17H17N3O4S/c1-2-9-19-25(23,24)13-7-5-12(6-8-13)11-20-16(21)14-4-3-10-18-15(14)17(20)22/h3-8,10,19H,2,9,11H2,1H3. The zero-order chi connectivity index (χ0) is 18.0. The molecule has 0 radical (unpaired) electrons. The maximum absolute atomic E-state index is 12.3. The third kappa shape index (κ3) is 3.31. The lowest BCUT2D eigenvalue weighted by Gasteiger charge is -2.14. The molecule has 8 heteroatoms. The van der Waals surface area contributed by atoms with Crippen LogP contribution in [0, 0.1) is 0 Å². The van der Waals surface area contributed by atoms with Crippen molar-refractivity contribution in [3.05, 3.63) is 59.4 Å². The van der Waals surface area contributed by atoms with Crippen LogP contribution in [0.25, 0.3) is 0 Å². The first-order valence-corrected chi connectivity index (χ1v) is 9.32. The van der Waals surface area contributed by atoms with E-state index < -0.39 is 21.8 Å². The molecule has 2 amide bonds. The van der Waals surface area contributed by atoms with E-state index in [-0.39, 0.29) is 22.7 Å². The fourth-order valence-electron chi connectivity index (χ4n) is 2.53. The van der Waals surface area contributed by atoms with Gasteiger partial charge in [0.2, 0.25) is 10.0 Å². The second kappa shape index (κ2) is 6.73. The molecule has 0 atom stereocenters. The van der Waals surface area contributed by atoms with Crippen molar-refractivity contribution in [2.75, 3.05) is 6.54 Å². The molecule has 1 N–H and O–H groups in total. The molecule has 0 unspecified atom stereocenters. The van der Waals surface area contributed by atoms with Crippen LogP contribution >= 0.6 is 0 Å². The van der Waals surface area contributed by atoms with Crippen molar-refractivity contribution in [2.45, 2.75) is 24.8 Å². The summed E-state index contributed by atoms with van der Waals surface area (Å²) in [7, 11) is -3.54. The number of amides is 2. The molecule has 1 aromatic heterocycles. The van der Waals surface area contributed by atoms with E-state index in [9.17, 15) is 18.0 Å². The lowest BCUT2D eigenvalue weighted by molar-refractivity contribution is 0.0640. The number of aromatic nitrogens is 1. The lowest BCUT2D eigenvalue weighted by atomic mass is 10.2. The molecule has 1 aromatic carbocycles. The molecule has 0 saturated carbocycles. The first-order valence-electron chi connectivity index (χ1n) is 7.84. The van der Waals surface area contributed by atoms with Crippen LogP contribution < -0.4 is 4.72 Å². The van der Waals surface area contributed by atoms with Gasteiger partial charge in [0.25, 0.3) is 11.8 Å². The van der Waals surface area contributed by atoms with Crippen molar-refractivity contribution in [1.29, 1.82) is 0 Å². The van der Waals surface area contributed by atoms with Crippen LogP contribution in [0.2, 0.25) is 0 Å². The minimum absolute atomic E-state index is 0.0662. The summed E-state index contributed by atoms with van der Waals surface area (Å²) in [6, 6.07) is 9.29. The molecular weight excluding hydrogens is 342 g/mol. The highest BCUT2D eigenvalue weighted by molar-refractivity contribution is 7.89. The molecule has 130 valence electrons. The summed E-state index contributed by atoms with van der Waals surface area (Å²) in [5, 5.41) is 0. The van der Waals surface area contributed by atoms with Crippen LogP contribution in [0.3, 0.4) is 0 Å². The first kappa shape index (κ1) is 17.2. The monoisotopic (exact) mass is 359 g/mol. The number of rotatable bonds is 6. The van der Waals surface area contributed by atoms with E-state index in [0.717, 1.165) is 4.90 Å². The second-order valence-corrected chi connectivity index (χ2v) is 7.40. The number of sulfonamides is 1. The number of imide groups is 1. The fraction of sp³-hybridized carbons (Fsp3) is 0.235. The van der Waals surface area contributed by atoms with E-state index in [1.165, 1.54) is 18.3 Å². The number of pyridine rings is 1. The maximum Gasteiger partial charge on any atom is 0.280 e. The summed E-state index contributed by atoms with van der Waals surface area (Å²) in [5.74, 6) is -0.837. The number of benzene rings is 1. The van der Waals surface area contributed by atoms with E-state index in [0.29, 0.717) is 18.5 Å². The van der Waals surface area contributed by atoms with Crippen LogP contribution in [0.4, 0.5) is 0 Å². The van der Waals surface area contributed by atoms with E-state index >= 15 is 0 Å². The number of nitrogens with one attached hydrogen (secondary N) is 1. The fourth-order valence-corrected chi connectivity index (χ4v) is 3.67. The average Bonchev–Trinajstić information content (AvgIpc) is 2.86. The van der Waals surface area contributed by atoms with Crippen molar-refractivity contribution in [3.63, 3.8) is 0 Å². The number of carbonyl (C=O) groups is 2. The normalized spacial score (nSPS) is 14.0.